The van der Waals surface area contributed by atoms with Gasteiger partial charge >= 0.3 is 0 Å². The van der Waals surface area contributed by atoms with Gasteiger partial charge in [0.05, 0.1) is 6.54 Å². The number of fused-ring (bicyclic) bond motifs is 1. The Morgan fingerprint density at radius 2 is 1.37 bits per heavy atom. The highest BCUT2D eigenvalue weighted by atomic mass is 15.0. The Hall–Kier alpha value is -2.09. The van der Waals surface area contributed by atoms with Crippen LogP contribution in [-0.2, 0) is 12.0 Å². The number of hydrogen-bond acceptors (Lipinski definition) is 0. The number of rotatable bonds is 7. The molecule has 0 aliphatic carbocycles. The van der Waals surface area contributed by atoms with Gasteiger partial charge < -0.3 is 0 Å². The van der Waals surface area contributed by atoms with Crippen molar-refractivity contribution in [2.75, 3.05) is 0 Å². The van der Waals surface area contributed by atoms with Gasteiger partial charge in [0.2, 0.25) is 6.33 Å². The first-order valence-electron chi connectivity index (χ1n) is 11.4. The van der Waals surface area contributed by atoms with E-state index in [1.807, 2.05) is 0 Å². The highest BCUT2D eigenvalue weighted by Gasteiger charge is 2.55. The molecule has 1 unspecified atom stereocenters. The van der Waals surface area contributed by atoms with Crippen LogP contribution in [0.5, 0.6) is 0 Å². The van der Waals surface area contributed by atoms with Gasteiger partial charge in [-0.2, -0.15) is 0 Å². The predicted molar refractivity (Wildman–Crippen MR) is 129 cm³/mol. The molecule has 2 nitrogen and oxygen atoms in total. The molecule has 3 aromatic rings. The van der Waals surface area contributed by atoms with E-state index in [0.29, 0.717) is 0 Å². The fraction of sp³-hybridized carbons (Fsp3) is 0.536. The standard InChI is InChI=1S/C28H40N2/c1-25(2,3)28(8,27(6,7)26(4,5)22-15-10-9-11-16-22)19-14-20-30-21-29-23-17-12-13-18-24(23)30/h9-13,15-18,21H,14,19-20H2,1-8H3/p+1. The van der Waals surface area contributed by atoms with Crippen LogP contribution in [0.2, 0.25) is 0 Å². The molecule has 3 rings (SSSR count). The Kier molecular flexibility index (Phi) is 5.93. The van der Waals surface area contributed by atoms with Gasteiger partial charge in [-0.05, 0) is 52.2 Å². The van der Waals surface area contributed by atoms with Crippen molar-refractivity contribution < 1.29 is 4.57 Å². The second kappa shape index (κ2) is 7.87. The summed E-state index contributed by atoms with van der Waals surface area (Å²) in [7, 11) is 0. The number of aromatic nitrogens is 2. The van der Waals surface area contributed by atoms with Gasteiger partial charge in [-0.3, -0.25) is 0 Å². The highest BCUT2D eigenvalue weighted by Crippen LogP contribution is 2.61. The van der Waals surface area contributed by atoms with Crippen molar-refractivity contribution in [2.45, 2.75) is 80.2 Å². The second-order valence-corrected chi connectivity index (χ2v) is 11.3. The molecule has 0 amide bonds. The average molecular weight is 406 g/mol. The third-order valence-electron chi connectivity index (χ3n) is 8.76. The van der Waals surface area contributed by atoms with Crippen LogP contribution in [0, 0.1) is 16.2 Å². The van der Waals surface area contributed by atoms with Gasteiger partial charge in [0.25, 0.3) is 0 Å². The molecule has 0 aliphatic heterocycles. The molecule has 1 aromatic heterocycles. The van der Waals surface area contributed by atoms with Gasteiger partial charge in [0, 0.05) is 0 Å². The van der Waals surface area contributed by atoms with Crippen molar-refractivity contribution in [1.82, 2.24) is 4.98 Å². The molecule has 1 atom stereocenters. The molecule has 2 aromatic carbocycles. The quantitative estimate of drug-likeness (QED) is 0.398. The SMILES string of the molecule is CC(C)(C)C(C)(CCC[n+]1c[nH]c2ccccc21)C(C)(C)C(C)(C)c1ccccc1. The molecule has 162 valence electrons. The van der Waals surface area contributed by atoms with Gasteiger partial charge in [-0.15, -0.1) is 0 Å². The Bertz CT molecular complexity index is 973. The summed E-state index contributed by atoms with van der Waals surface area (Å²) in [5.74, 6) is 0. The first-order chi connectivity index (χ1) is 13.9. The molecule has 1 N–H and O–H groups in total. The van der Waals surface area contributed by atoms with E-state index >= 15 is 0 Å². The first-order valence-corrected chi connectivity index (χ1v) is 11.4. The van der Waals surface area contributed by atoms with E-state index in [1.54, 1.807) is 0 Å². The number of imidazole rings is 1. The minimum Gasteiger partial charge on any atom is -0.243 e. The largest absolute Gasteiger partial charge is 0.243 e. The van der Waals surface area contributed by atoms with Crippen LogP contribution in [0.3, 0.4) is 0 Å². The maximum absolute atomic E-state index is 3.40. The Labute approximate surface area is 183 Å². The smallest absolute Gasteiger partial charge is 0.242 e. The lowest BCUT2D eigenvalue weighted by Crippen LogP contribution is -2.54. The van der Waals surface area contributed by atoms with Crippen LogP contribution in [0.15, 0.2) is 60.9 Å². The summed E-state index contributed by atoms with van der Waals surface area (Å²) in [5.41, 5.74) is 4.44. The van der Waals surface area contributed by atoms with Crippen LogP contribution in [0.1, 0.15) is 73.8 Å². The molecule has 0 saturated carbocycles. The minimum atomic E-state index is 0.0597. The Balaban J connectivity index is 1.88. The van der Waals surface area contributed by atoms with E-state index in [2.05, 4.69) is 126 Å². The number of hydrogen-bond donors (Lipinski definition) is 1. The van der Waals surface area contributed by atoms with Crippen molar-refractivity contribution in [3.05, 3.63) is 66.5 Å². The van der Waals surface area contributed by atoms with E-state index < -0.39 is 0 Å². The average Bonchev–Trinajstić information content (AvgIpc) is 3.10. The topological polar surface area (TPSA) is 19.7 Å². The van der Waals surface area contributed by atoms with Crippen molar-refractivity contribution >= 4 is 11.0 Å². The van der Waals surface area contributed by atoms with E-state index in [-0.39, 0.29) is 21.7 Å². The van der Waals surface area contributed by atoms with Crippen molar-refractivity contribution in [2.24, 2.45) is 16.2 Å². The Morgan fingerprint density at radius 1 is 0.767 bits per heavy atom. The third-order valence-corrected chi connectivity index (χ3v) is 8.76. The zero-order chi connectivity index (χ0) is 22.2. The molecule has 30 heavy (non-hydrogen) atoms. The molecule has 0 spiro atoms. The van der Waals surface area contributed by atoms with Crippen molar-refractivity contribution in [3.8, 4) is 0 Å². The summed E-state index contributed by atoms with van der Waals surface area (Å²) >= 11 is 0. The molecule has 1 heterocycles. The third kappa shape index (κ3) is 3.70. The predicted octanol–water partition coefficient (Wildman–Crippen LogP) is 7.29. The molecular formula is C28H41N2+. The van der Waals surface area contributed by atoms with Crippen LogP contribution in [0.25, 0.3) is 11.0 Å². The summed E-state index contributed by atoms with van der Waals surface area (Å²) < 4.78 is 2.37. The van der Waals surface area contributed by atoms with Gasteiger partial charge in [-0.1, -0.05) is 97.9 Å². The molecule has 0 radical (unpaired) electrons. The van der Waals surface area contributed by atoms with E-state index in [1.165, 1.54) is 23.0 Å². The molecule has 0 saturated heterocycles. The van der Waals surface area contributed by atoms with Crippen LogP contribution in [0.4, 0.5) is 0 Å². The van der Waals surface area contributed by atoms with E-state index in [9.17, 15) is 0 Å². The van der Waals surface area contributed by atoms with Crippen LogP contribution in [-0.4, -0.2) is 4.98 Å². The zero-order valence-electron chi connectivity index (χ0n) is 20.3. The van der Waals surface area contributed by atoms with Crippen LogP contribution >= 0.6 is 0 Å². The maximum atomic E-state index is 3.40. The number of nitrogens with zero attached hydrogens (tertiary/aromatic N) is 1. The fourth-order valence-electron chi connectivity index (χ4n) is 5.38. The van der Waals surface area contributed by atoms with Gasteiger partial charge in [0.1, 0.15) is 0 Å². The number of nitrogens with one attached hydrogen (secondary N) is 1. The van der Waals surface area contributed by atoms with Gasteiger partial charge in [-0.25, -0.2) is 9.55 Å². The minimum absolute atomic E-state index is 0.0597. The number of aryl methyl sites for hydroxylation is 1. The first kappa shape index (κ1) is 22.6. The summed E-state index contributed by atoms with van der Waals surface area (Å²) in [6, 6.07) is 19.6. The van der Waals surface area contributed by atoms with Gasteiger partial charge in [0.15, 0.2) is 11.0 Å². The molecule has 0 aliphatic rings. The summed E-state index contributed by atoms with van der Waals surface area (Å²) in [6.45, 7) is 20.7. The Morgan fingerprint density at radius 3 is 2.00 bits per heavy atom. The number of aromatic amines is 1. The molecular weight excluding hydrogens is 364 g/mol. The lowest BCUT2D eigenvalue weighted by atomic mass is 9.44. The molecule has 0 fully saturated rings. The maximum Gasteiger partial charge on any atom is 0.242 e. The van der Waals surface area contributed by atoms with Crippen LogP contribution < -0.4 is 4.57 Å². The number of H-pyrrole nitrogens is 1. The monoisotopic (exact) mass is 405 g/mol. The highest BCUT2D eigenvalue weighted by molar-refractivity contribution is 5.70. The lowest BCUT2D eigenvalue weighted by molar-refractivity contribution is -0.672. The van der Waals surface area contributed by atoms with E-state index in [4.69, 9.17) is 0 Å². The molecule has 2 heteroatoms. The molecule has 0 bridgehead atoms. The fourth-order valence-corrected chi connectivity index (χ4v) is 5.38. The normalized spacial score (nSPS) is 15.3. The zero-order valence-corrected chi connectivity index (χ0v) is 20.3. The summed E-state index contributed by atoms with van der Waals surface area (Å²) in [4.78, 5) is 3.40. The second-order valence-electron chi connectivity index (χ2n) is 11.3. The van der Waals surface area contributed by atoms with Crippen molar-refractivity contribution in [1.29, 1.82) is 0 Å². The number of benzene rings is 2. The summed E-state index contributed by atoms with van der Waals surface area (Å²) in [6.07, 6.45) is 4.47. The summed E-state index contributed by atoms with van der Waals surface area (Å²) in [5, 5.41) is 0. The van der Waals surface area contributed by atoms with E-state index in [0.717, 1.165) is 13.0 Å². The number of para-hydroxylation sites is 2. The lowest BCUT2D eigenvalue weighted by Gasteiger charge is -2.60. The van der Waals surface area contributed by atoms with Crippen molar-refractivity contribution in [3.63, 3.8) is 0 Å².